The van der Waals surface area contributed by atoms with E-state index in [0.717, 1.165) is 56.3 Å². The van der Waals surface area contributed by atoms with Gasteiger partial charge in [-0.3, -0.25) is 0 Å². The minimum atomic E-state index is -3.50. The number of hydrogen-bond acceptors (Lipinski definition) is 5. The lowest BCUT2D eigenvalue weighted by molar-refractivity contribution is 0.131. The summed E-state index contributed by atoms with van der Waals surface area (Å²) in [5.74, 6) is 0. The van der Waals surface area contributed by atoms with E-state index in [2.05, 4.69) is 14.7 Å². The fourth-order valence-corrected chi connectivity index (χ4v) is 5.71. The van der Waals surface area contributed by atoms with Crippen LogP contribution in [-0.2, 0) is 22.9 Å². The van der Waals surface area contributed by atoms with E-state index in [4.69, 9.17) is 4.74 Å². The first-order valence-corrected chi connectivity index (χ1v) is 12.0. The van der Waals surface area contributed by atoms with E-state index in [1.807, 2.05) is 32.0 Å². The molecule has 0 amide bonds. The van der Waals surface area contributed by atoms with Crippen molar-refractivity contribution in [1.29, 1.82) is 0 Å². The molecule has 0 spiro atoms. The van der Waals surface area contributed by atoms with Crippen LogP contribution in [0.5, 0.6) is 6.01 Å². The Morgan fingerprint density at radius 2 is 1.59 bits per heavy atom. The van der Waals surface area contributed by atoms with Gasteiger partial charge in [-0.25, -0.2) is 23.1 Å². The molecular formula is C22H29N3O3S. The van der Waals surface area contributed by atoms with E-state index in [0.29, 0.717) is 10.9 Å². The number of aryl methyl sites for hydroxylation is 4. The quantitative estimate of drug-likeness (QED) is 0.806. The number of rotatable bonds is 5. The molecule has 2 aliphatic carbocycles. The summed E-state index contributed by atoms with van der Waals surface area (Å²) in [4.78, 5) is 9.06. The SMILES string of the molecule is Cc1cc(C)nc(OC2CCC(NS(=O)(=O)c3ccc4c(c3)CCCC4)CC2)n1. The van der Waals surface area contributed by atoms with E-state index in [9.17, 15) is 8.42 Å². The highest BCUT2D eigenvalue weighted by molar-refractivity contribution is 7.89. The average Bonchev–Trinajstić information content (AvgIpc) is 2.68. The zero-order valence-corrected chi connectivity index (χ0v) is 18.0. The minimum Gasteiger partial charge on any atom is -0.460 e. The first kappa shape index (κ1) is 20.3. The van der Waals surface area contributed by atoms with E-state index < -0.39 is 10.0 Å². The molecule has 1 saturated carbocycles. The number of sulfonamides is 1. The normalized spacial score (nSPS) is 22.1. The van der Waals surface area contributed by atoms with Crippen LogP contribution >= 0.6 is 0 Å². The van der Waals surface area contributed by atoms with Gasteiger partial charge in [0, 0.05) is 17.4 Å². The van der Waals surface area contributed by atoms with Crippen LogP contribution in [0, 0.1) is 13.8 Å². The summed E-state index contributed by atoms with van der Waals surface area (Å²) in [7, 11) is -3.50. The van der Waals surface area contributed by atoms with Crippen LogP contribution in [0.15, 0.2) is 29.2 Å². The monoisotopic (exact) mass is 415 g/mol. The molecule has 156 valence electrons. The fourth-order valence-electron chi connectivity index (χ4n) is 4.36. The Labute approximate surface area is 173 Å². The van der Waals surface area contributed by atoms with Crippen molar-refractivity contribution in [2.75, 3.05) is 0 Å². The predicted molar refractivity (Wildman–Crippen MR) is 112 cm³/mol. The third-order valence-electron chi connectivity index (χ3n) is 5.86. The number of fused-ring (bicyclic) bond motifs is 1. The number of benzene rings is 1. The summed E-state index contributed by atoms with van der Waals surface area (Å²) < 4.78 is 34.6. The molecule has 0 unspecified atom stereocenters. The lowest BCUT2D eigenvalue weighted by Gasteiger charge is -2.29. The Kier molecular flexibility index (Phi) is 5.88. The van der Waals surface area contributed by atoms with Gasteiger partial charge >= 0.3 is 6.01 Å². The van der Waals surface area contributed by atoms with Crippen molar-refractivity contribution < 1.29 is 13.2 Å². The van der Waals surface area contributed by atoms with Gasteiger partial charge < -0.3 is 4.74 Å². The number of nitrogens with one attached hydrogen (secondary N) is 1. The maximum atomic E-state index is 12.9. The van der Waals surface area contributed by atoms with Crippen LogP contribution in [0.4, 0.5) is 0 Å². The Balaban J connectivity index is 1.35. The van der Waals surface area contributed by atoms with Gasteiger partial charge in [0.1, 0.15) is 6.10 Å². The Bertz CT molecular complexity index is 963. The molecule has 29 heavy (non-hydrogen) atoms. The summed E-state index contributed by atoms with van der Waals surface area (Å²) in [6, 6.07) is 7.87. The lowest BCUT2D eigenvalue weighted by Crippen LogP contribution is -2.39. The third-order valence-corrected chi connectivity index (χ3v) is 7.38. The summed E-state index contributed by atoms with van der Waals surface area (Å²) in [6.45, 7) is 3.85. The van der Waals surface area contributed by atoms with Crippen molar-refractivity contribution in [3.8, 4) is 6.01 Å². The Morgan fingerprint density at radius 1 is 0.931 bits per heavy atom. The summed E-state index contributed by atoms with van der Waals surface area (Å²) in [5, 5.41) is 0. The average molecular weight is 416 g/mol. The van der Waals surface area contributed by atoms with Gasteiger partial charge in [0.2, 0.25) is 10.0 Å². The van der Waals surface area contributed by atoms with Crippen LogP contribution in [0.3, 0.4) is 0 Å². The number of hydrogen-bond donors (Lipinski definition) is 1. The van der Waals surface area contributed by atoms with Gasteiger partial charge in [-0.15, -0.1) is 0 Å². The summed E-state index contributed by atoms with van der Waals surface area (Å²) >= 11 is 0. The van der Waals surface area contributed by atoms with Crippen LogP contribution in [0.2, 0.25) is 0 Å². The van der Waals surface area contributed by atoms with Gasteiger partial charge in [-0.1, -0.05) is 6.07 Å². The molecule has 1 fully saturated rings. The molecule has 4 rings (SSSR count). The highest BCUT2D eigenvalue weighted by Crippen LogP contribution is 2.26. The first-order valence-electron chi connectivity index (χ1n) is 10.5. The maximum Gasteiger partial charge on any atom is 0.317 e. The molecule has 1 aromatic carbocycles. The zero-order valence-electron chi connectivity index (χ0n) is 17.1. The van der Waals surface area contributed by atoms with Crippen molar-refractivity contribution >= 4 is 10.0 Å². The highest BCUT2D eigenvalue weighted by Gasteiger charge is 2.27. The first-order chi connectivity index (χ1) is 13.9. The molecule has 0 radical (unpaired) electrons. The Morgan fingerprint density at radius 3 is 2.28 bits per heavy atom. The van der Waals surface area contributed by atoms with E-state index in [-0.39, 0.29) is 12.1 Å². The third kappa shape index (κ3) is 4.95. The topological polar surface area (TPSA) is 81.2 Å². The van der Waals surface area contributed by atoms with Crippen LogP contribution in [-0.4, -0.2) is 30.5 Å². The molecule has 1 heterocycles. The number of nitrogens with zero attached hydrogens (tertiary/aromatic N) is 2. The second kappa shape index (κ2) is 8.40. The molecule has 6 nitrogen and oxygen atoms in total. The van der Waals surface area contributed by atoms with Gasteiger partial charge in [0.05, 0.1) is 4.90 Å². The lowest BCUT2D eigenvalue weighted by atomic mass is 9.92. The number of ether oxygens (including phenoxy) is 1. The van der Waals surface area contributed by atoms with Crippen molar-refractivity contribution in [3.05, 3.63) is 46.8 Å². The van der Waals surface area contributed by atoms with Gasteiger partial charge in [0.15, 0.2) is 0 Å². The van der Waals surface area contributed by atoms with Crippen molar-refractivity contribution in [2.45, 2.75) is 82.3 Å². The van der Waals surface area contributed by atoms with Gasteiger partial charge in [-0.05, 0) is 94.5 Å². The molecule has 2 aromatic rings. The molecule has 1 N–H and O–H groups in total. The second-order valence-electron chi connectivity index (χ2n) is 8.28. The number of aromatic nitrogens is 2. The highest BCUT2D eigenvalue weighted by atomic mass is 32.2. The molecule has 0 saturated heterocycles. The summed E-state index contributed by atoms with van der Waals surface area (Å²) in [5.41, 5.74) is 4.25. The van der Waals surface area contributed by atoms with Gasteiger partial charge in [-0.2, -0.15) is 0 Å². The Hall–Kier alpha value is -1.99. The molecule has 7 heteroatoms. The zero-order chi connectivity index (χ0) is 20.4. The molecule has 2 aliphatic rings. The smallest absolute Gasteiger partial charge is 0.317 e. The van der Waals surface area contributed by atoms with Crippen LogP contribution < -0.4 is 9.46 Å². The molecule has 0 bridgehead atoms. The second-order valence-corrected chi connectivity index (χ2v) is 10.00. The van der Waals surface area contributed by atoms with Crippen molar-refractivity contribution in [1.82, 2.24) is 14.7 Å². The van der Waals surface area contributed by atoms with Gasteiger partial charge in [0.25, 0.3) is 0 Å². The standard InChI is InChI=1S/C22H29N3O3S/c1-15-13-16(2)24-22(23-15)28-20-10-8-19(9-11-20)25-29(26,27)21-12-7-17-5-3-4-6-18(17)14-21/h7,12-14,19-20,25H,3-6,8-11H2,1-2H3. The van der Waals surface area contributed by atoms with E-state index in [1.54, 1.807) is 6.07 Å². The molecule has 0 aliphatic heterocycles. The molecule has 1 aromatic heterocycles. The largest absolute Gasteiger partial charge is 0.460 e. The van der Waals surface area contributed by atoms with E-state index >= 15 is 0 Å². The van der Waals surface area contributed by atoms with E-state index in [1.165, 1.54) is 17.5 Å². The predicted octanol–water partition coefficient (Wildman–Crippen LogP) is 3.64. The van der Waals surface area contributed by atoms with Crippen LogP contribution in [0.25, 0.3) is 0 Å². The minimum absolute atomic E-state index is 0.0284. The van der Waals surface area contributed by atoms with Crippen LogP contribution in [0.1, 0.15) is 61.0 Å². The summed E-state index contributed by atoms with van der Waals surface area (Å²) in [6.07, 6.45) is 7.45. The fraction of sp³-hybridized carbons (Fsp3) is 0.545. The molecular weight excluding hydrogens is 386 g/mol. The maximum absolute atomic E-state index is 12.9. The molecule has 0 atom stereocenters. The van der Waals surface area contributed by atoms with Crippen molar-refractivity contribution in [3.63, 3.8) is 0 Å². The van der Waals surface area contributed by atoms with Crippen molar-refractivity contribution in [2.24, 2.45) is 0 Å².